The number of nitrogens with zero attached hydrogens (tertiary/aromatic N) is 4. The summed E-state index contributed by atoms with van der Waals surface area (Å²) in [6.45, 7) is 5.96. The van der Waals surface area contributed by atoms with E-state index in [0.29, 0.717) is 28.6 Å². The molecule has 1 aliphatic heterocycles. The van der Waals surface area contributed by atoms with E-state index in [-0.39, 0.29) is 31.6 Å². The van der Waals surface area contributed by atoms with Gasteiger partial charge in [0.05, 0.1) is 12.1 Å². The van der Waals surface area contributed by atoms with Crippen LogP contribution in [-0.2, 0) is 9.59 Å². The first kappa shape index (κ1) is 23.3. The van der Waals surface area contributed by atoms with E-state index < -0.39 is 11.9 Å². The Labute approximate surface area is 206 Å². The molecule has 184 valence electrons. The molecule has 0 aliphatic carbocycles. The largest absolute Gasteiger partial charge is 0.483 e. The van der Waals surface area contributed by atoms with Gasteiger partial charge in [0.1, 0.15) is 17.0 Å². The quantitative estimate of drug-likeness (QED) is 0.411. The maximum atomic E-state index is 12.3. The molecule has 1 fully saturated rings. The van der Waals surface area contributed by atoms with Crippen LogP contribution in [0.5, 0.6) is 17.5 Å². The third kappa shape index (κ3) is 4.57. The molecule has 0 saturated carbocycles. The average Bonchev–Trinajstić information content (AvgIpc) is 3.22. The van der Waals surface area contributed by atoms with Gasteiger partial charge in [0.2, 0.25) is 5.89 Å². The van der Waals surface area contributed by atoms with Crippen molar-refractivity contribution in [1.82, 2.24) is 19.9 Å². The molecule has 2 aromatic carbocycles. The van der Waals surface area contributed by atoms with E-state index in [1.165, 1.54) is 4.90 Å². The Morgan fingerprint density at radius 2 is 1.81 bits per heavy atom. The lowest BCUT2D eigenvalue weighted by Gasteiger charge is -2.36. The molecule has 4 aromatic rings. The summed E-state index contributed by atoms with van der Waals surface area (Å²) in [6, 6.07) is 11.5. The normalized spacial score (nSPS) is 13.5. The number of likely N-dealkylation sites (tertiary alicyclic amines) is 1. The minimum absolute atomic E-state index is 0.157. The molecule has 36 heavy (non-hydrogen) atoms. The van der Waals surface area contributed by atoms with Gasteiger partial charge in [-0.3, -0.25) is 9.59 Å². The number of hydrogen-bond donors (Lipinski definition) is 1. The van der Waals surface area contributed by atoms with Gasteiger partial charge in [-0.05, 0) is 55.7 Å². The number of carbonyl (C=O) groups is 2. The maximum Gasteiger partial charge on any atom is 0.325 e. The zero-order valence-electron chi connectivity index (χ0n) is 20.0. The van der Waals surface area contributed by atoms with E-state index in [9.17, 15) is 9.59 Å². The fraction of sp³-hybridized carbons (Fsp3) is 0.269. The second-order valence-corrected chi connectivity index (χ2v) is 8.79. The summed E-state index contributed by atoms with van der Waals surface area (Å²) in [7, 11) is 0. The molecule has 2 aromatic heterocycles. The number of aliphatic carboxylic acids is 1. The van der Waals surface area contributed by atoms with Gasteiger partial charge in [-0.2, -0.15) is 4.98 Å². The number of hydrogen-bond acceptors (Lipinski definition) is 8. The zero-order chi connectivity index (χ0) is 25.4. The summed E-state index contributed by atoms with van der Waals surface area (Å²) in [5, 5.41) is 8.97. The van der Waals surface area contributed by atoms with Crippen molar-refractivity contribution in [3.05, 3.63) is 59.3 Å². The number of fused-ring (bicyclic) bond motifs is 1. The van der Waals surface area contributed by atoms with Crippen molar-refractivity contribution in [2.45, 2.75) is 20.8 Å². The molecule has 0 spiro atoms. The van der Waals surface area contributed by atoms with Crippen LogP contribution < -0.4 is 9.47 Å². The predicted molar refractivity (Wildman–Crippen MR) is 129 cm³/mol. The number of rotatable bonds is 7. The maximum absolute atomic E-state index is 12.3. The molecule has 1 amide bonds. The van der Waals surface area contributed by atoms with Gasteiger partial charge in [0.15, 0.2) is 6.61 Å². The number of oxazole rings is 1. The molecule has 5 rings (SSSR count). The van der Waals surface area contributed by atoms with Crippen LogP contribution in [-0.4, -0.2) is 56.5 Å². The molecule has 1 aliphatic rings. The lowest BCUT2D eigenvalue weighted by atomic mass is 10.0. The Morgan fingerprint density at radius 1 is 1.08 bits per heavy atom. The number of ether oxygens (including phenoxy) is 2. The number of benzene rings is 2. The number of carboxylic acids is 1. The van der Waals surface area contributed by atoms with Crippen molar-refractivity contribution in [2.24, 2.45) is 5.92 Å². The van der Waals surface area contributed by atoms with Crippen molar-refractivity contribution >= 4 is 23.1 Å². The van der Waals surface area contributed by atoms with Crippen molar-refractivity contribution in [3.63, 3.8) is 0 Å². The summed E-state index contributed by atoms with van der Waals surface area (Å²) < 4.78 is 17.5. The van der Waals surface area contributed by atoms with Crippen LogP contribution in [0.2, 0.25) is 0 Å². The Bertz CT molecular complexity index is 1450. The third-order valence-corrected chi connectivity index (χ3v) is 6.05. The number of para-hydroxylation sites is 1. The number of amides is 1. The molecule has 1 N–H and O–H groups in total. The van der Waals surface area contributed by atoms with E-state index in [2.05, 4.69) is 15.0 Å². The lowest BCUT2D eigenvalue weighted by Crippen LogP contribution is -2.54. The van der Waals surface area contributed by atoms with Gasteiger partial charge in [0.25, 0.3) is 11.6 Å². The van der Waals surface area contributed by atoms with Crippen molar-refractivity contribution in [1.29, 1.82) is 0 Å². The van der Waals surface area contributed by atoms with E-state index in [1.54, 1.807) is 6.20 Å². The molecule has 0 radical (unpaired) electrons. The number of aryl methyl sites for hydroxylation is 3. The van der Waals surface area contributed by atoms with E-state index in [4.69, 9.17) is 19.0 Å². The van der Waals surface area contributed by atoms with Crippen LogP contribution in [0.15, 0.2) is 47.0 Å². The minimum atomic E-state index is -0.887. The third-order valence-electron chi connectivity index (χ3n) is 6.05. The van der Waals surface area contributed by atoms with E-state index in [0.717, 1.165) is 22.3 Å². The van der Waals surface area contributed by atoms with Crippen LogP contribution in [0, 0.1) is 26.7 Å². The first-order chi connectivity index (χ1) is 17.3. The van der Waals surface area contributed by atoms with Gasteiger partial charge < -0.3 is 23.9 Å². The summed E-state index contributed by atoms with van der Waals surface area (Å²) in [6.07, 6.45) is 1.55. The topological polar surface area (TPSA) is 128 Å². The van der Waals surface area contributed by atoms with Crippen molar-refractivity contribution < 1.29 is 28.6 Å². The fourth-order valence-corrected chi connectivity index (χ4v) is 4.03. The van der Waals surface area contributed by atoms with Crippen molar-refractivity contribution in [2.75, 3.05) is 19.7 Å². The molecule has 10 heteroatoms. The monoisotopic (exact) mass is 488 g/mol. The van der Waals surface area contributed by atoms with Crippen LogP contribution in [0.25, 0.3) is 22.7 Å². The summed E-state index contributed by atoms with van der Waals surface area (Å²) in [5.41, 5.74) is 4.11. The summed E-state index contributed by atoms with van der Waals surface area (Å²) in [4.78, 5) is 37.8. The van der Waals surface area contributed by atoms with E-state index in [1.807, 2.05) is 57.2 Å². The number of carbonyl (C=O) groups excluding carboxylic acids is 1. The fourth-order valence-electron chi connectivity index (χ4n) is 4.03. The van der Waals surface area contributed by atoms with Crippen molar-refractivity contribution in [3.8, 4) is 29.0 Å². The minimum Gasteiger partial charge on any atom is -0.483 e. The van der Waals surface area contributed by atoms with Crippen LogP contribution in [0.3, 0.4) is 0 Å². The molecule has 0 bridgehead atoms. The molecular formula is C26H24N4O6. The zero-order valence-corrected chi connectivity index (χ0v) is 20.0. The van der Waals surface area contributed by atoms with Gasteiger partial charge in [-0.25, -0.2) is 9.97 Å². The van der Waals surface area contributed by atoms with E-state index >= 15 is 0 Å². The Balaban J connectivity index is 1.30. The highest BCUT2D eigenvalue weighted by Crippen LogP contribution is 2.32. The number of carboxylic acid groups (broad SMARTS) is 1. The second-order valence-electron chi connectivity index (χ2n) is 8.79. The summed E-state index contributed by atoms with van der Waals surface area (Å²) in [5.74, 6) is 0.00305. The van der Waals surface area contributed by atoms with Gasteiger partial charge >= 0.3 is 12.0 Å². The first-order valence-electron chi connectivity index (χ1n) is 11.4. The highest BCUT2D eigenvalue weighted by molar-refractivity contribution is 5.82. The smallest absolute Gasteiger partial charge is 0.325 e. The highest BCUT2D eigenvalue weighted by atomic mass is 16.5. The molecule has 0 unspecified atom stereocenters. The first-order valence-corrected chi connectivity index (χ1v) is 11.4. The molecule has 0 atom stereocenters. The van der Waals surface area contributed by atoms with Gasteiger partial charge in [-0.15, -0.1) is 0 Å². The lowest BCUT2D eigenvalue weighted by molar-refractivity contribution is -0.153. The predicted octanol–water partition coefficient (Wildman–Crippen LogP) is 3.92. The SMILES string of the molecule is Cc1ccccc1Oc1ncc2nc(-c3cc(C)c(OCC(=O)N4CC(C(=O)O)C4)c(C)c3)oc2n1. The summed E-state index contributed by atoms with van der Waals surface area (Å²) >= 11 is 0. The molecule has 10 nitrogen and oxygen atoms in total. The Kier molecular flexibility index (Phi) is 6.01. The average molecular weight is 489 g/mol. The Morgan fingerprint density at radius 3 is 2.50 bits per heavy atom. The van der Waals surface area contributed by atoms with Gasteiger partial charge in [-0.1, -0.05) is 18.2 Å². The molecule has 3 heterocycles. The Hall–Kier alpha value is -4.47. The van der Waals surface area contributed by atoms with Crippen LogP contribution in [0.4, 0.5) is 0 Å². The van der Waals surface area contributed by atoms with Crippen LogP contribution in [0.1, 0.15) is 16.7 Å². The highest BCUT2D eigenvalue weighted by Gasteiger charge is 2.35. The number of aromatic nitrogens is 3. The molecule has 1 saturated heterocycles. The second kappa shape index (κ2) is 9.29. The van der Waals surface area contributed by atoms with Crippen LogP contribution >= 0.6 is 0 Å². The molecular weight excluding hydrogens is 464 g/mol. The standard InChI is InChI=1S/C26H24N4O6/c1-14-6-4-5-7-20(14)35-26-27-10-19-24(29-26)36-23(28-19)17-8-15(2)22(16(3)9-17)34-13-21(31)30-11-18(12-30)25(32)33/h4-10,18H,11-13H2,1-3H3,(H,32,33). The van der Waals surface area contributed by atoms with Gasteiger partial charge in [0, 0.05) is 18.7 Å².